The van der Waals surface area contributed by atoms with E-state index in [1.807, 2.05) is 42.5 Å². The maximum Gasteiger partial charge on any atom is 0.158 e. The molecule has 0 amide bonds. The second-order valence-corrected chi connectivity index (χ2v) is 4.38. The van der Waals surface area contributed by atoms with Crippen LogP contribution in [0.25, 0.3) is 0 Å². The Labute approximate surface area is 127 Å². The lowest BCUT2D eigenvalue weighted by Crippen LogP contribution is -1.99. The summed E-state index contributed by atoms with van der Waals surface area (Å²) in [6, 6.07) is 16.9. The van der Waals surface area contributed by atoms with Crippen LogP contribution in [0.15, 0.2) is 72.4 Å². The Morgan fingerprint density at radius 2 is 1.68 bits per heavy atom. The zero-order valence-electron chi connectivity index (χ0n) is 11.7. The van der Waals surface area contributed by atoms with Gasteiger partial charge in [0, 0.05) is 0 Å². The summed E-state index contributed by atoms with van der Waals surface area (Å²) in [7, 11) is 0. The molecule has 0 saturated heterocycles. The Kier molecular flexibility index (Phi) is 4.41. The van der Waals surface area contributed by atoms with Crippen molar-refractivity contribution >= 4 is 6.21 Å². The van der Waals surface area contributed by atoms with Crippen molar-refractivity contribution in [3.63, 3.8) is 0 Å². The molecule has 0 N–H and O–H groups in total. The molecule has 0 fully saturated rings. The lowest BCUT2D eigenvalue weighted by Gasteiger charge is -2.05. The Morgan fingerprint density at radius 1 is 0.955 bits per heavy atom. The second-order valence-electron chi connectivity index (χ2n) is 4.38. The number of aromatic nitrogens is 3. The lowest BCUT2D eigenvalue weighted by atomic mass is 10.3. The average molecular weight is 294 g/mol. The Bertz CT molecular complexity index is 710. The zero-order chi connectivity index (χ0) is 15.0. The van der Waals surface area contributed by atoms with Gasteiger partial charge in [-0.05, 0) is 36.4 Å². The van der Waals surface area contributed by atoms with Crippen LogP contribution < -0.4 is 9.57 Å². The van der Waals surface area contributed by atoms with Gasteiger partial charge < -0.3 is 9.57 Å². The molecular formula is C16H14N4O2. The van der Waals surface area contributed by atoms with Crippen LogP contribution in [0, 0.1) is 0 Å². The standard InChI is InChI=1S/C16H14N4O2/c1-2-4-14(5-3-1)21-15-6-8-16(9-7-15)22-19-10-11-20-13-17-12-18-20/h1-10,12-13H,11H2/b19-10+. The largest absolute Gasteiger partial charge is 0.457 e. The van der Waals surface area contributed by atoms with Crippen LogP contribution in [0.1, 0.15) is 0 Å². The van der Waals surface area contributed by atoms with Crippen molar-refractivity contribution in [3.05, 3.63) is 67.3 Å². The minimum atomic E-state index is 0.509. The molecule has 0 aliphatic heterocycles. The first-order chi connectivity index (χ1) is 10.9. The number of para-hydroxylation sites is 1. The van der Waals surface area contributed by atoms with Crippen molar-refractivity contribution < 1.29 is 9.57 Å². The fourth-order valence-corrected chi connectivity index (χ4v) is 1.74. The van der Waals surface area contributed by atoms with Crippen molar-refractivity contribution in [2.75, 3.05) is 0 Å². The summed E-state index contributed by atoms with van der Waals surface area (Å²) in [5.41, 5.74) is 0. The van der Waals surface area contributed by atoms with Crippen LogP contribution in [-0.4, -0.2) is 21.0 Å². The van der Waals surface area contributed by atoms with E-state index in [0.29, 0.717) is 12.3 Å². The van der Waals surface area contributed by atoms with Crippen LogP contribution in [0.5, 0.6) is 17.2 Å². The van der Waals surface area contributed by atoms with E-state index in [9.17, 15) is 0 Å². The number of ether oxygens (including phenoxy) is 1. The summed E-state index contributed by atoms with van der Waals surface area (Å²) < 4.78 is 7.34. The van der Waals surface area contributed by atoms with Gasteiger partial charge in [0.1, 0.15) is 24.2 Å². The smallest absolute Gasteiger partial charge is 0.158 e. The minimum absolute atomic E-state index is 0.509. The van der Waals surface area contributed by atoms with E-state index in [-0.39, 0.29) is 0 Å². The van der Waals surface area contributed by atoms with Crippen molar-refractivity contribution in [1.82, 2.24) is 14.8 Å². The summed E-state index contributed by atoms with van der Waals surface area (Å²) in [4.78, 5) is 9.10. The molecule has 0 atom stereocenters. The van der Waals surface area contributed by atoms with Gasteiger partial charge in [-0.2, -0.15) is 5.10 Å². The molecule has 0 saturated carbocycles. The molecule has 0 spiro atoms. The van der Waals surface area contributed by atoms with Crippen LogP contribution in [0.4, 0.5) is 0 Å². The number of hydrogen-bond acceptors (Lipinski definition) is 5. The summed E-state index contributed by atoms with van der Waals surface area (Å²) in [6.07, 6.45) is 4.70. The number of benzene rings is 2. The molecular weight excluding hydrogens is 280 g/mol. The Balaban J connectivity index is 1.52. The van der Waals surface area contributed by atoms with Gasteiger partial charge in [0.05, 0.1) is 12.8 Å². The fraction of sp³-hybridized carbons (Fsp3) is 0.0625. The fourth-order valence-electron chi connectivity index (χ4n) is 1.74. The lowest BCUT2D eigenvalue weighted by molar-refractivity contribution is 0.341. The zero-order valence-corrected chi connectivity index (χ0v) is 11.7. The summed E-state index contributed by atoms with van der Waals surface area (Å²) >= 11 is 0. The van der Waals surface area contributed by atoms with Crippen LogP contribution in [0.3, 0.4) is 0 Å². The van der Waals surface area contributed by atoms with Gasteiger partial charge in [0.2, 0.25) is 0 Å². The average Bonchev–Trinajstić information content (AvgIpc) is 3.07. The molecule has 0 radical (unpaired) electrons. The monoisotopic (exact) mass is 294 g/mol. The van der Waals surface area contributed by atoms with Gasteiger partial charge in [0.15, 0.2) is 5.75 Å². The van der Waals surface area contributed by atoms with E-state index in [0.717, 1.165) is 11.5 Å². The third-order valence-electron chi connectivity index (χ3n) is 2.77. The van der Waals surface area contributed by atoms with E-state index in [1.165, 1.54) is 6.33 Å². The predicted molar refractivity (Wildman–Crippen MR) is 82.1 cm³/mol. The van der Waals surface area contributed by atoms with E-state index in [4.69, 9.17) is 9.57 Å². The Morgan fingerprint density at radius 3 is 2.41 bits per heavy atom. The molecule has 0 aliphatic carbocycles. The molecule has 0 unspecified atom stereocenters. The molecule has 6 heteroatoms. The maximum atomic E-state index is 5.70. The first-order valence-corrected chi connectivity index (χ1v) is 6.74. The number of nitrogens with zero attached hydrogens (tertiary/aromatic N) is 4. The van der Waals surface area contributed by atoms with Gasteiger partial charge in [0.25, 0.3) is 0 Å². The summed E-state index contributed by atoms with van der Waals surface area (Å²) in [5, 5.41) is 7.83. The molecule has 3 aromatic rings. The third kappa shape index (κ3) is 3.92. The molecule has 3 rings (SSSR count). The minimum Gasteiger partial charge on any atom is -0.457 e. The topological polar surface area (TPSA) is 61.5 Å². The van der Waals surface area contributed by atoms with E-state index >= 15 is 0 Å². The molecule has 0 bridgehead atoms. The first kappa shape index (κ1) is 13.8. The number of oxime groups is 1. The van der Waals surface area contributed by atoms with Gasteiger partial charge in [-0.3, -0.25) is 0 Å². The van der Waals surface area contributed by atoms with Crippen LogP contribution in [0.2, 0.25) is 0 Å². The SMILES string of the molecule is C(/Cn1cncn1)=N\Oc1ccc(Oc2ccccc2)cc1. The highest BCUT2D eigenvalue weighted by Gasteiger charge is 1.98. The van der Waals surface area contributed by atoms with Crippen molar-refractivity contribution in [2.45, 2.75) is 6.54 Å². The summed E-state index contributed by atoms with van der Waals surface area (Å²) in [6.45, 7) is 0.509. The van der Waals surface area contributed by atoms with Crippen LogP contribution >= 0.6 is 0 Å². The van der Waals surface area contributed by atoms with Crippen molar-refractivity contribution in [3.8, 4) is 17.2 Å². The van der Waals surface area contributed by atoms with E-state index < -0.39 is 0 Å². The summed E-state index contributed by atoms with van der Waals surface area (Å²) in [5.74, 6) is 2.17. The van der Waals surface area contributed by atoms with Crippen LogP contribution in [-0.2, 0) is 6.54 Å². The third-order valence-corrected chi connectivity index (χ3v) is 2.77. The van der Waals surface area contributed by atoms with E-state index in [2.05, 4.69) is 15.2 Å². The van der Waals surface area contributed by atoms with Gasteiger partial charge in [-0.15, -0.1) is 0 Å². The number of hydrogen-bond donors (Lipinski definition) is 0. The van der Waals surface area contributed by atoms with Crippen molar-refractivity contribution in [1.29, 1.82) is 0 Å². The normalized spacial score (nSPS) is 10.7. The van der Waals surface area contributed by atoms with Crippen molar-refractivity contribution in [2.24, 2.45) is 5.16 Å². The molecule has 1 aromatic heterocycles. The van der Waals surface area contributed by atoms with Gasteiger partial charge >= 0.3 is 0 Å². The molecule has 110 valence electrons. The first-order valence-electron chi connectivity index (χ1n) is 6.74. The number of rotatable bonds is 6. The molecule has 22 heavy (non-hydrogen) atoms. The molecule has 2 aromatic carbocycles. The van der Waals surface area contributed by atoms with E-state index in [1.54, 1.807) is 29.4 Å². The quantitative estimate of drug-likeness (QED) is 0.517. The Hall–Kier alpha value is -3.15. The maximum absolute atomic E-state index is 5.70. The van der Waals surface area contributed by atoms with Gasteiger partial charge in [-0.25, -0.2) is 9.67 Å². The van der Waals surface area contributed by atoms with Gasteiger partial charge in [-0.1, -0.05) is 23.4 Å². The molecule has 0 aliphatic rings. The molecule has 1 heterocycles. The highest BCUT2D eigenvalue weighted by molar-refractivity contribution is 5.56. The predicted octanol–water partition coefficient (Wildman–Crippen LogP) is 3.14. The highest BCUT2D eigenvalue weighted by atomic mass is 16.6. The second kappa shape index (κ2) is 7.03. The molecule has 6 nitrogen and oxygen atoms in total. The highest BCUT2D eigenvalue weighted by Crippen LogP contribution is 2.23.